The number of aliphatic hydroxyl groups excluding tert-OH is 1. The van der Waals surface area contributed by atoms with Gasteiger partial charge < -0.3 is 10.0 Å². The Morgan fingerprint density at radius 1 is 1.50 bits per heavy atom. The third kappa shape index (κ3) is 3.24. The van der Waals surface area contributed by atoms with Crippen molar-refractivity contribution in [3.63, 3.8) is 0 Å². The van der Waals surface area contributed by atoms with Gasteiger partial charge in [-0.1, -0.05) is 24.6 Å². The van der Waals surface area contributed by atoms with Gasteiger partial charge >= 0.3 is 0 Å². The van der Waals surface area contributed by atoms with E-state index in [-0.39, 0.29) is 12.4 Å². The first-order valence-corrected chi connectivity index (χ1v) is 9.69. The molecule has 2 rings (SSSR count). The second kappa shape index (κ2) is 6.56. The van der Waals surface area contributed by atoms with Crippen molar-refractivity contribution < 1.29 is 13.5 Å². The molecule has 0 bridgehead atoms. The van der Waals surface area contributed by atoms with E-state index in [1.54, 1.807) is 36.9 Å². The van der Waals surface area contributed by atoms with Gasteiger partial charge in [0.25, 0.3) is 0 Å². The standard InChI is InChI=1S/C13H18ClNO3S2/c1-2-20(17,18)13-9-19-6-5-15(13)12-4-3-10(8-16)7-11(12)14/h3-4,7,13,16H,2,5-6,8-9H2,1H3. The molecule has 1 unspecified atom stereocenters. The maximum atomic E-state index is 12.2. The molecule has 1 fully saturated rings. The lowest BCUT2D eigenvalue weighted by Crippen LogP contribution is -2.48. The molecule has 20 heavy (non-hydrogen) atoms. The van der Waals surface area contributed by atoms with Gasteiger partial charge in [-0.05, 0) is 17.7 Å². The number of anilines is 1. The molecule has 112 valence electrons. The van der Waals surface area contributed by atoms with Crippen molar-refractivity contribution in [2.45, 2.75) is 18.9 Å². The summed E-state index contributed by atoms with van der Waals surface area (Å²) in [5.41, 5.74) is 1.45. The number of benzene rings is 1. The molecule has 0 aromatic heterocycles. The summed E-state index contributed by atoms with van der Waals surface area (Å²) in [4.78, 5) is 1.87. The van der Waals surface area contributed by atoms with Crippen molar-refractivity contribution >= 4 is 38.9 Å². The van der Waals surface area contributed by atoms with Gasteiger partial charge in [-0.3, -0.25) is 0 Å². The summed E-state index contributed by atoms with van der Waals surface area (Å²) in [5.74, 6) is 1.57. The SMILES string of the molecule is CCS(=O)(=O)C1CSCCN1c1ccc(CO)cc1Cl. The molecule has 1 atom stereocenters. The van der Waals surface area contributed by atoms with E-state index in [9.17, 15) is 8.42 Å². The fraction of sp³-hybridized carbons (Fsp3) is 0.538. The molecule has 0 saturated carbocycles. The van der Waals surface area contributed by atoms with Gasteiger partial charge in [0.2, 0.25) is 0 Å². The van der Waals surface area contributed by atoms with E-state index < -0.39 is 15.2 Å². The fourth-order valence-corrected chi connectivity index (χ4v) is 5.52. The predicted molar refractivity (Wildman–Crippen MR) is 85.3 cm³/mol. The van der Waals surface area contributed by atoms with Crippen LogP contribution in [0, 0.1) is 0 Å². The van der Waals surface area contributed by atoms with Crippen LogP contribution in [0.25, 0.3) is 0 Å². The number of hydrogen-bond acceptors (Lipinski definition) is 5. The first-order valence-electron chi connectivity index (χ1n) is 6.45. The minimum Gasteiger partial charge on any atom is -0.392 e. The van der Waals surface area contributed by atoms with Crippen molar-refractivity contribution in [2.75, 3.05) is 28.7 Å². The second-order valence-electron chi connectivity index (χ2n) is 4.62. The van der Waals surface area contributed by atoms with Crippen LogP contribution in [0.1, 0.15) is 12.5 Å². The van der Waals surface area contributed by atoms with Gasteiger partial charge in [-0.2, -0.15) is 11.8 Å². The molecular weight excluding hydrogens is 318 g/mol. The average Bonchev–Trinajstić information content (AvgIpc) is 2.47. The zero-order chi connectivity index (χ0) is 14.8. The van der Waals surface area contributed by atoms with Gasteiger partial charge in [0.05, 0.1) is 17.3 Å². The van der Waals surface area contributed by atoms with Crippen molar-refractivity contribution in [3.05, 3.63) is 28.8 Å². The lowest BCUT2D eigenvalue weighted by atomic mass is 10.2. The minimum absolute atomic E-state index is 0.0768. The molecule has 1 aromatic rings. The fourth-order valence-electron chi connectivity index (χ4n) is 2.23. The molecule has 4 nitrogen and oxygen atoms in total. The van der Waals surface area contributed by atoms with E-state index in [1.807, 2.05) is 4.90 Å². The third-order valence-corrected chi connectivity index (χ3v) is 7.00. The summed E-state index contributed by atoms with van der Waals surface area (Å²) in [6, 6.07) is 5.26. The zero-order valence-electron chi connectivity index (χ0n) is 11.3. The Labute approximate surface area is 129 Å². The first-order chi connectivity index (χ1) is 9.49. The van der Waals surface area contributed by atoms with E-state index in [0.29, 0.717) is 17.3 Å². The predicted octanol–water partition coefficient (Wildman–Crippen LogP) is 2.15. The van der Waals surface area contributed by atoms with E-state index in [4.69, 9.17) is 16.7 Å². The summed E-state index contributed by atoms with van der Waals surface area (Å²) in [6.45, 7) is 2.25. The number of aliphatic hydroxyl groups is 1. The lowest BCUT2D eigenvalue weighted by molar-refractivity contribution is 0.282. The number of nitrogens with zero attached hydrogens (tertiary/aromatic N) is 1. The zero-order valence-corrected chi connectivity index (χ0v) is 13.6. The Kier molecular flexibility index (Phi) is 5.23. The summed E-state index contributed by atoms with van der Waals surface area (Å²) < 4.78 is 24.5. The first kappa shape index (κ1) is 15.9. The summed E-state index contributed by atoms with van der Waals surface area (Å²) in [7, 11) is -3.15. The number of rotatable bonds is 4. The summed E-state index contributed by atoms with van der Waals surface area (Å²) in [6.07, 6.45) is 0. The molecule has 1 heterocycles. The van der Waals surface area contributed by atoms with Crippen molar-refractivity contribution in [3.8, 4) is 0 Å². The second-order valence-corrected chi connectivity index (χ2v) is 8.62. The van der Waals surface area contributed by atoms with Gasteiger partial charge in [0.1, 0.15) is 5.37 Å². The van der Waals surface area contributed by atoms with Crippen LogP contribution in [0.15, 0.2) is 18.2 Å². The molecule has 1 aliphatic rings. The van der Waals surface area contributed by atoms with Crippen LogP contribution in [0.3, 0.4) is 0 Å². The average molecular weight is 336 g/mol. The highest BCUT2D eigenvalue weighted by Gasteiger charge is 2.33. The molecule has 1 N–H and O–H groups in total. The molecule has 0 aliphatic carbocycles. The molecule has 0 radical (unpaired) electrons. The highest BCUT2D eigenvalue weighted by atomic mass is 35.5. The highest BCUT2D eigenvalue weighted by molar-refractivity contribution is 8.01. The molecular formula is C13H18ClNO3S2. The highest BCUT2D eigenvalue weighted by Crippen LogP contribution is 2.33. The van der Waals surface area contributed by atoms with Gasteiger partial charge in [-0.25, -0.2) is 8.42 Å². The van der Waals surface area contributed by atoms with Crippen LogP contribution in [0.2, 0.25) is 5.02 Å². The minimum atomic E-state index is -3.15. The molecule has 0 spiro atoms. The van der Waals surface area contributed by atoms with Crippen LogP contribution >= 0.6 is 23.4 Å². The maximum Gasteiger partial charge on any atom is 0.171 e. The van der Waals surface area contributed by atoms with Gasteiger partial charge in [0.15, 0.2) is 9.84 Å². The lowest BCUT2D eigenvalue weighted by Gasteiger charge is -2.37. The Morgan fingerprint density at radius 2 is 2.25 bits per heavy atom. The van der Waals surface area contributed by atoms with Crippen molar-refractivity contribution in [1.82, 2.24) is 0 Å². The van der Waals surface area contributed by atoms with Crippen LogP contribution in [-0.4, -0.2) is 42.7 Å². The Hall–Kier alpha value is -0.430. The smallest absolute Gasteiger partial charge is 0.171 e. The van der Waals surface area contributed by atoms with Gasteiger partial charge in [-0.15, -0.1) is 0 Å². The Balaban J connectivity index is 2.38. The monoisotopic (exact) mass is 335 g/mol. The molecule has 1 aliphatic heterocycles. The number of hydrogen-bond donors (Lipinski definition) is 1. The number of thioether (sulfide) groups is 1. The van der Waals surface area contributed by atoms with E-state index in [2.05, 4.69) is 0 Å². The van der Waals surface area contributed by atoms with Gasteiger partial charge in [0, 0.05) is 23.8 Å². The van der Waals surface area contributed by atoms with Crippen molar-refractivity contribution in [2.24, 2.45) is 0 Å². The van der Waals surface area contributed by atoms with Crippen LogP contribution in [-0.2, 0) is 16.4 Å². The quantitative estimate of drug-likeness (QED) is 0.913. The van der Waals surface area contributed by atoms with Crippen LogP contribution in [0.4, 0.5) is 5.69 Å². The topological polar surface area (TPSA) is 57.6 Å². The third-order valence-electron chi connectivity index (χ3n) is 3.41. The molecule has 1 aromatic carbocycles. The van der Waals surface area contributed by atoms with Crippen LogP contribution < -0.4 is 4.90 Å². The maximum absolute atomic E-state index is 12.2. The number of halogens is 1. The molecule has 7 heteroatoms. The van der Waals surface area contributed by atoms with E-state index >= 15 is 0 Å². The van der Waals surface area contributed by atoms with Crippen LogP contribution in [0.5, 0.6) is 0 Å². The Morgan fingerprint density at radius 3 is 2.85 bits per heavy atom. The summed E-state index contributed by atoms with van der Waals surface area (Å²) >= 11 is 7.90. The normalized spacial score (nSPS) is 20.1. The van der Waals surface area contributed by atoms with Crippen molar-refractivity contribution in [1.29, 1.82) is 0 Å². The summed E-state index contributed by atoms with van der Waals surface area (Å²) in [5, 5.41) is 9.07. The van der Waals surface area contributed by atoms with E-state index in [0.717, 1.165) is 17.0 Å². The largest absolute Gasteiger partial charge is 0.392 e. The number of sulfone groups is 1. The Bertz CT molecular complexity index is 577. The molecule has 1 saturated heterocycles. The molecule has 0 amide bonds. The van der Waals surface area contributed by atoms with E-state index in [1.165, 1.54) is 0 Å².